The van der Waals surface area contributed by atoms with E-state index in [0.717, 1.165) is 16.0 Å². The lowest BCUT2D eigenvalue weighted by Gasteiger charge is -2.65. The molecule has 2 aromatic carbocycles. The molecule has 5 nitrogen and oxygen atoms in total. The summed E-state index contributed by atoms with van der Waals surface area (Å²) in [6, 6.07) is 16.1. The van der Waals surface area contributed by atoms with Crippen molar-refractivity contribution in [1.82, 2.24) is 9.80 Å². The van der Waals surface area contributed by atoms with E-state index < -0.39 is 17.2 Å². The molecule has 0 spiro atoms. The van der Waals surface area contributed by atoms with Crippen molar-refractivity contribution in [2.24, 2.45) is 0 Å². The Morgan fingerprint density at radius 2 is 1.15 bits per heavy atom. The van der Waals surface area contributed by atoms with Gasteiger partial charge in [-0.1, -0.05) is 90.1 Å². The van der Waals surface area contributed by atoms with Crippen molar-refractivity contribution in [1.29, 1.82) is 0 Å². The molecule has 0 aliphatic carbocycles. The molecule has 33 heavy (non-hydrogen) atoms. The van der Waals surface area contributed by atoms with E-state index in [0.29, 0.717) is 0 Å². The first-order valence-electron chi connectivity index (χ1n) is 11.6. The predicted molar refractivity (Wildman–Crippen MR) is 130 cm³/mol. The number of benzene rings is 2. The van der Waals surface area contributed by atoms with Crippen molar-refractivity contribution in [2.45, 2.75) is 76.5 Å². The summed E-state index contributed by atoms with van der Waals surface area (Å²) in [6.07, 6.45) is 0. The maximum Gasteiger partial charge on any atom is 0.326 e. The van der Waals surface area contributed by atoms with Crippen molar-refractivity contribution in [3.05, 3.63) is 70.8 Å². The number of likely N-dealkylation sites (N-methyl/N-ethyl adjacent to an activating group) is 2. The van der Waals surface area contributed by atoms with Crippen LogP contribution in [0.5, 0.6) is 0 Å². The largest absolute Gasteiger partial charge is 0.345 e. The van der Waals surface area contributed by atoms with Gasteiger partial charge < -0.3 is 9.64 Å². The van der Waals surface area contributed by atoms with Gasteiger partial charge in [0.2, 0.25) is 0 Å². The van der Waals surface area contributed by atoms with E-state index in [9.17, 15) is 9.59 Å². The average molecular weight is 449 g/mol. The topological polar surface area (TPSA) is 49.9 Å². The first-order valence-corrected chi connectivity index (χ1v) is 11.6. The van der Waals surface area contributed by atoms with Crippen molar-refractivity contribution < 1.29 is 14.3 Å². The molecule has 2 fully saturated rings. The lowest BCUT2D eigenvalue weighted by Crippen LogP contribution is -2.83. The van der Waals surface area contributed by atoms with E-state index in [1.54, 1.807) is 18.9 Å². The van der Waals surface area contributed by atoms with E-state index in [1.807, 2.05) is 0 Å². The quantitative estimate of drug-likeness (QED) is 0.634. The van der Waals surface area contributed by atoms with Gasteiger partial charge in [-0.3, -0.25) is 9.69 Å². The molecule has 5 heteroatoms. The number of fused-ring (bicyclic) bond motifs is 1. The van der Waals surface area contributed by atoms with Crippen LogP contribution >= 0.6 is 0 Å². The molecule has 2 saturated heterocycles. The van der Waals surface area contributed by atoms with Crippen molar-refractivity contribution in [2.75, 3.05) is 14.1 Å². The predicted octanol–water partition coefficient (Wildman–Crippen LogP) is 5.21. The Bertz CT molecular complexity index is 1030. The maximum atomic E-state index is 13.1. The first kappa shape index (κ1) is 23.5. The second kappa shape index (κ2) is 7.17. The summed E-state index contributed by atoms with van der Waals surface area (Å²) < 4.78 is 6.66. The highest BCUT2D eigenvalue weighted by molar-refractivity contribution is 6.03. The summed E-state index contributed by atoms with van der Waals surface area (Å²) in [6.45, 7) is 14.9. The molecule has 0 N–H and O–H groups in total. The Hall–Kier alpha value is -2.66. The molecule has 3 amide bonds. The van der Waals surface area contributed by atoms with Gasteiger partial charge in [0.05, 0.1) is 0 Å². The lowest BCUT2D eigenvalue weighted by molar-refractivity contribution is -0.296. The fourth-order valence-corrected chi connectivity index (χ4v) is 5.38. The third kappa shape index (κ3) is 3.31. The molecule has 2 aliphatic rings. The summed E-state index contributed by atoms with van der Waals surface area (Å²) in [5.74, 6) is -0.302. The molecular formula is C28H36N2O3. The number of urea groups is 1. The van der Waals surface area contributed by atoms with Crippen LogP contribution in [0.3, 0.4) is 0 Å². The summed E-state index contributed by atoms with van der Waals surface area (Å²) in [4.78, 5) is 28.9. The minimum Gasteiger partial charge on any atom is -0.345 e. The number of ether oxygens (including phenoxy) is 1. The average Bonchev–Trinajstić information content (AvgIpc) is 2.73. The number of rotatable bonds is 2. The summed E-state index contributed by atoms with van der Waals surface area (Å²) in [5, 5.41) is 0. The molecule has 4 rings (SSSR count). The second-order valence-electron chi connectivity index (χ2n) is 11.8. The Kier molecular flexibility index (Phi) is 5.10. The highest BCUT2D eigenvalue weighted by Crippen LogP contribution is 2.57. The van der Waals surface area contributed by atoms with Crippen LogP contribution in [0.2, 0.25) is 0 Å². The van der Waals surface area contributed by atoms with E-state index in [-0.39, 0.29) is 22.8 Å². The highest BCUT2D eigenvalue weighted by atomic mass is 16.6. The van der Waals surface area contributed by atoms with E-state index >= 15 is 0 Å². The molecule has 2 aromatic rings. The molecule has 2 atom stereocenters. The van der Waals surface area contributed by atoms with Crippen LogP contribution in [0.1, 0.15) is 70.7 Å². The number of carbonyl (C=O) groups excluding carboxylic acids is 2. The van der Waals surface area contributed by atoms with Gasteiger partial charge in [0.25, 0.3) is 5.91 Å². The zero-order valence-corrected chi connectivity index (χ0v) is 21.3. The SMILES string of the molecule is CN1C(=O)N(C)[C@H]2C(c3ccc(C(C)(C)C)cc3)(c3ccc(C(C)(C)C)cc3)O[C@@]2(C)C1=O. The van der Waals surface area contributed by atoms with Gasteiger partial charge in [-0.25, -0.2) is 4.79 Å². The zero-order valence-electron chi connectivity index (χ0n) is 21.3. The molecule has 2 aliphatic heterocycles. The van der Waals surface area contributed by atoms with Crippen LogP contribution in [-0.2, 0) is 26.0 Å². The van der Waals surface area contributed by atoms with Gasteiger partial charge in [-0.15, -0.1) is 0 Å². The normalized spacial score (nSPS) is 25.1. The van der Waals surface area contributed by atoms with Crippen LogP contribution in [0.25, 0.3) is 0 Å². The molecule has 0 unspecified atom stereocenters. The van der Waals surface area contributed by atoms with E-state index in [4.69, 9.17) is 4.74 Å². The molecular weight excluding hydrogens is 412 g/mol. The number of imide groups is 1. The smallest absolute Gasteiger partial charge is 0.326 e. The summed E-state index contributed by atoms with van der Waals surface area (Å²) in [5.41, 5.74) is 2.32. The Morgan fingerprint density at radius 3 is 1.52 bits per heavy atom. The number of nitrogens with zero attached hydrogens (tertiary/aromatic N) is 2. The summed E-state index contributed by atoms with van der Waals surface area (Å²) >= 11 is 0. The number of hydrogen-bond donors (Lipinski definition) is 0. The first-order chi connectivity index (χ1) is 15.1. The minimum atomic E-state index is -1.11. The van der Waals surface area contributed by atoms with Crippen LogP contribution in [0.4, 0.5) is 4.79 Å². The highest BCUT2D eigenvalue weighted by Gasteiger charge is 2.73. The van der Waals surface area contributed by atoms with Gasteiger partial charge in [-0.2, -0.15) is 0 Å². The minimum absolute atomic E-state index is 0.0192. The van der Waals surface area contributed by atoms with E-state index in [2.05, 4.69) is 90.1 Å². The van der Waals surface area contributed by atoms with Gasteiger partial charge in [0.1, 0.15) is 11.6 Å². The van der Waals surface area contributed by atoms with Crippen molar-refractivity contribution in [3.8, 4) is 0 Å². The number of hydrogen-bond acceptors (Lipinski definition) is 3. The Morgan fingerprint density at radius 1 is 0.758 bits per heavy atom. The number of carbonyl (C=O) groups is 2. The third-order valence-corrected chi connectivity index (χ3v) is 7.34. The van der Waals surface area contributed by atoms with Crippen LogP contribution in [0, 0.1) is 0 Å². The van der Waals surface area contributed by atoms with Crippen molar-refractivity contribution in [3.63, 3.8) is 0 Å². The van der Waals surface area contributed by atoms with E-state index in [1.165, 1.54) is 18.2 Å². The molecule has 0 saturated carbocycles. The van der Waals surface area contributed by atoms with Crippen LogP contribution < -0.4 is 0 Å². The second-order valence-corrected chi connectivity index (χ2v) is 11.8. The van der Waals surface area contributed by atoms with Gasteiger partial charge in [0.15, 0.2) is 5.60 Å². The van der Waals surface area contributed by atoms with Gasteiger partial charge in [0, 0.05) is 14.1 Å². The van der Waals surface area contributed by atoms with Gasteiger partial charge in [-0.05, 0) is 40.0 Å². The van der Waals surface area contributed by atoms with Crippen LogP contribution in [-0.4, -0.2) is 47.5 Å². The molecule has 0 bridgehead atoms. The monoisotopic (exact) mass is 448 g/mol. The van der Waals surface area contributed by atoms with Gasteiger partial charge >= 0.3 is 6.03 Å². The maximum absolute atomic E-state index is 13.1. The van der Waals surface area contributed by atoms with Crippen LogP contribution in [0.15, 0.2) is 48.5 Å². The molecule has 2 heterocycles. The lowest BCUT2D eigenvalue weighted by atomic mass is 9.64. The molecule has 176 valence electrons. The third-order valence-electron chi connectivity index (χ3n) is 7.34. The fourth-order valence-electron chi connectivity index (χ4n) is 5.38. The molecule has 0 radical (unpaired) electrons. The zero-order chi connectivity index (χ0) is 24.6. The number of amides is 3. The standard InChI is InChI=1S/C28H36N2O3/c1-25(2,3)18-10-14-20(15-11-18)28(21-16-12-19(13-17-21)26(4,5)6)22-27(7,33-28)23(31)30(9)24(32)29(22)8/h10-17,22H,1-9H3/t22-,27-/m1/s1. The Balaban J connectivity index is 1.90. The summed E-state index contributed by atoms with van der Waals surface area (Å²) in [7, 11) is 3.28. The molecule has 0 aromatic heterocycles. The van der Waals surface area contributed by atoms with Crippen molar-refractivity contribution >= 4 is 11.9 Å². The fraction of sp³-hybridized carbons (Fsp3) is 0.500. The Labute approximate surface area is 197 Å².